The van der Waals surface area contributed by atoms with Crippen LogP contribution in [0.25, 0.3) is 5.52 Å². The van der Waals surface area contributed by atoms with Gasteiger partial charge in [0.1, 0.15) is 0 Å². The maximum atomic E-state index is 12.3. The molecule has 3 aromatic heterocycles. The lowest BCUT2D eigenvalue weighted by molar-refractivity contribution is 0.102. The molecule has 7 nitrogen and oxygen atoms in total. The third-order valence-electron chi connectivity index (χ3n) is 2.86. The molecule has 0 radical (unpaired) electrons. The van der Waals surface area contributed by atoms with Gasteiger partial charge in [0.2, 0.25) is 11.1 Å². The average Bonchev–Trinajstić information content (AvgIpc) is 2.91. The Morgan fingerprint density at radius 1 is 1.29 bits per heavy atom. The van der Waals surface area contributed by atoms with Gasteiger partial charge in [0.05, 0.1) is 23.0 Å². The van der Waals surface area contributed by atoms with Crippen LogP contribution < -0.4 is 5.32 Å². The van der Waals surface area contributed by atoms with Crippen LogP contribution in [0, 0.1) is 0 Å². The van der Waals surface area contributed by atoms with Crippen molar-refractivity contribution in [3.8, 4) is 0 Å². The van der Waals surface area contributed by atoms with E-state index in [9.17, 15) is 9.00 Å². The average molecular weight is 302 g/mol. The molecule has 3 rings (SSSR count). The zero-order chi connectivity index (χ0) is 14.8. The van der Waals surface area contributed by atoms with Crippen LogP contribution in [-0.4, -0.2) is 29.3 Å². The van der Waals surface area contributed by atoms with Crippen molar-refractivity contribution in [1.29, 1.82) is 0 Å². The van der Waals surface area contributed by atoms with Gasteiger partial charge in [-0.1, -0.05) is 6.07 Å². The first kappa shape index (κ1) is 13.4. The van der Waals surface area contributed by atoms with E-state index in [2.05, 4.69) is 15.4 Å². The number of hydrogen-bond donors (Lipinski definition) is 2. The lowest BCUT2D eigenvalue weighted by Crippen LogP contribution is -2.14. The number of hydrogen-bond acceptors (Lipinski definition) is 4. The van der Waals surface area contributed by atoms with Gasteiger partial charge in [-0.15, -0.1) is 0 Å². The summed E-state index contributed by atoms with van der Waals surface area (Å²) in [5, 5.41) is 6.55. The predicted octanol–water partition coefficient (Wildman–Crippen LogP) is 1.56. The largest absolute Gasteiger partial charge is 0.319 e. The zero-order valence-electron chi connectivity index (χ0n) is 10.6. The number of aromatic nitrogens is 3. The van der Waals surface area contributed by atoms with E-state index in [0.717, 1.165) is 0 Å². The van der Waals surface area contributed by atoms with Gasteiger partial charge in [-0.2, -0.15) is 5.10 Å². The van der Waals surface area contributed by atoms with Crippen molar-refractivity contribution in [2.75, 3.05) is 5.32 Å². The number of anilines is 1. The summed E-state index contributed by atoms with van der Waals surface area (Å²) in [6.45, 7) is 0. The molecular weight excluding hydrogens is 292 g/mol. The fourth-order valence-electron chi connectivity index (χ4n) is 1.92. The Morgan fingerprint density at radius 3 is 2.95 bits per heavy atom. The minimum absolute atomic E-state index is 0.0951. The van der Waals surface area contributed by atoms with Crippen LogP contribution in [0.3, 0.4) is 0 Å². The third-order valence-corrected chi connectivity index (χ3v) is 3.51. The van der Waals surface area contributed by atoms with Crippen molar-refractivity contribution in [2.45, 2.75) is 5.03 Å². The van der Waals surface area contributed by atoms with Gasteiger partial charge in [-0.3, -0.25) is 4.79 Å². The molecule has 0 saturated carbocycles. The SMILES string of the molecule is O=C(Nc1cccnc1S(=O)O)c1cnn2ccccc12. The van der Waals surface area contributed by atoms with E-state index in [1.807, 2.05) is 0 Å². The topological polar surface area (TPSA) is 96.6 Å². The summed E-state index contributed by atoms with van der Waals surface area (Å²) in [6.07, 6.45) is 4.55. The standard InChI is InChI=1S/C13H10N4O3S/c18-12(9-8-15-17-7-2-1-5-11(9)17)16-10-4-3-6-14-13(10)21(19)20/h1-8H,(H,16,18)(H,19,20). The number of amides is 1. The second-order valence-corrected chi connectivity index (χ2v) is 5.03. The second kappa shape index (κ2) is 5.43. The molecule has 1 amide bonds. The highest BCUT2D eigenvalue weighted by atomic mass is 32.2. The van der Waals surface area contributed by atoms with E-state index in [0.29, 0.717) is 11.1 Å². The van der Waals surface area contributed by atoms with Crippen LogP contribution in [0.1, 0.15) is 10.4 Å². The Morgan fingerprint density at radius 2 is 2.14 bits per heavy atom. The van der Waals surface area contributed by atoms with E-state index in [1.165, 1.54) is 18.5 Å². The lowest BCUT2D eigenvalue weighted by atomic mass is 10.2. The fourth-order valence-corrected chi connectivity index (χ4v) is 2.38. The quantitative estimate of drug-likeness (QED) is 0.716. The van der Waals surface area contributed by atoms with Crippen molar-refractivity contribution in [3.05, 3.63) is 54.5 Å². The smallest absolute Gasteiger partial charge is 0.259 e. The Balaban J connectivity index is 1.96. The van der Waals surface area contributed by atoms with Gasteiger partial charge >= 0.3 is 0 Å². The summed E-state index contributed by atoms with van der Waals surface area (Å²) in [5.74, 6) is -0.420. The molecule has 2 N–H and O–H groups in total. The molecule has 0 aliphatic carbocycles. The molecule has 0 bridgehead atoms. The van der Waals surface area contributed by atoms with Gasteiger partial charge < -0.3 is 9.87 Å². The normalized spacial score (nSPS) is 12.2. The van der Waals surface area contributed by atoms with E-state index in [4.69, 9.17) is 4.55 Å². The van der Waals surface area contributed by atoms with Crippen molar-refractivity contribution < 1.29 is 13.6 Å². The summed E-state index contributed by atoms with van der Waals surface area (Å²) in [7, 11) is 0. The second-order valence-electron chi connectivity index (χ2n) is 4.15. The summed E-state index contributed by atoms with van der Waals surface area (Å²) in [4.78, 5) is 16.1. The molecule has 3 heterocycles. The number of nitrogens with zero attached hydrogens (tertiary/aromatic N) is 3. The molecule has 0 spiro atoms. The van der Waals surface area contributed by atoms with Crippen molar-refractivity contribution in [1.82, 2.24) is 14.6 Å². The Bertz CT molecular complexity index is 846. The van der Waals surface area contributed by atoms with Gasteiger partial charge in [-0.05, 0) is 24.3 Å². The fraction of sp³-hybridized carbons (Fsp3) is 0. The highest BCUT2D eigenvalue weighted by Gasteiger charge is 2.16. The monoisotopic (exact) mass is 302 g/mol. The van der Waals surface area contributed by atoms with Crippen LogP contribution in [0.5, 0.6) is 0 Å². The van der Waals surface area contributed by atoms with E-state index < -0.39 is 17.0 Å². The first-order valence-corrected chi connectivity index (χ1v) is 7.07. The Kier molecular flexibility index (Phi) is 3.46. The number of carbonyl (C=O) groups excluding carboxylic acids is 1. The summed E-state index contributed by atoms with van der Waals surface area (Å²) in [5.41, 5.74) is 1.21. The maximum Gasteiger partial charge on any atom is 0.259 e. The number of nitrogens with one attached hydrogen (secondary N) is 1. The van der Waals surface area contributed by atoms with Crippen LogP contribution in [-0.2, 0) is 11.1 Å². The molecule has 106 valence electrons. The molecule has 0 aliphatic heterocycles. The summed E-state index contributed by atoms with van der Waals surface area (Å²) in [6, 6.07) is 8.44. The van der Waals surface area contributed by atoms with Gasteiger partial charge in [-0.25, -0.2) is 13.7 Å². The molecule has 8 heteroatoms. The highest BCUT2D eigenvalue weighted by molar-refractivity contribution is 7.79. The van der Waals surface area contributed by atoms with Crippen LogP contribution in [0.4, 0.5) is 5.69 Å². The highest BCUT2D eigenvalue weighted by Crippen LogP contribution is 2.18. The molecule has 21 heavy (non-hydrogen) atoms. The Hall–Kier alpha value is -2.58. The van der Waals surface area contributed by atoms with Crippen LogP contribution >= 0.6 is 0 Å². The summed E-state index contributed by atoms with van der Waals surface area (Å²) >= 11 is -2.28. The van der Waals surface area contributed by atoms with Crippen LogP contribution in [0.2, 0.25) is 0 Å². The third kappa shape index (κ3) is 2.54. The maximum absolute atomic E-state index is 12.3. The van der Waals surface area contributed by atoms with E-state index >= 15 is 0 Å². The van der Waals surface area contributed by atoms with E-state index in [1.54, 1.807) is 35.0 Å². The zero-order valence-corrected chi connectivity index (χ0v) is 11.4. The number of carbonyl (C=O) groups is 1. The predicted molar refractivity (Wildman–Crippen MR) is 76.4 cm³/mol. The molecule has 0 fully saturated rings. The summed E-state index contributed by atoms with van der Waals surface area (Å²) < 4.78 is 21.9. The molecule has 0 aromatic carbocycles. The first-order valence-electron chi connectivity index (χ1n) is 5.96. The first-order chi connectivity index (χ1) is 10.2. The minimum Gasteiger partial charge on any atom is -0.319 e. The van der Waals surface area contributed by atoms with Gasteiger partial charge in [0.15, 0.2) is 5.03 Å². The molecule has 0 saturated heterocycles. The van der Waals surface area contributed by atoms with Crippen LogP contribution in [0.15, 0.2) is 53.9 Å². The molecule has 0 aliphatic rings. The van der Waals surface area contributed by atoms with E-state index in [-0.39, 0.29) is 10.7 Å². The molecular formula is C13H10N4O3S. The van der Waals surface area contributed by atoms with Gasteiger partial charge in [0, 0.05) is 12.4 Å². The van der Waals surface area contributed by atoms with Gasteiger partial charge in [0.25, 0.3) is 5.91 Å². The Labute approximate surface area is 121 Å². The molecule has 1 unspecified atom stereocenters. The number of rotatable bonds is 3. The van der Waals surface area contributed by atoms with Crippen molar-refractivity contribution in [2.24, 2.45) is 0 Å². The van der Waals surface area contributed by atoms with Crippen molar-refractivity contribution in [3.63, 3.8) is 0 Å². The molecule has 1 atom stereocenters. The number of pyridine rings is 2. The number of fused-ring (bicyclic) bond motifs is 1. The lowest BCUT2D eigenvalue weighted by Gasteiger charge is -2.06. The minimum atomic E-state index is -2.28. The molecule has 3 aromatic rings. The van der Waals surface area contributed by atoms with Crippen molar-refractivity contribution >= 4 is 28.2 Å².